The van der Waals surface area contributed by atoms with E-state index in [4.69, 9.17) is 21.4 Å². The van der Waals surface area contributed by atoms with Gasteiger partial charge in [-0.05, 0) is 37.5 Å². The van der Waals surface area contributed by atoms with Crippen molar-refractivity contribution in [3.05, 3.63) is 28.8 Å². The van der Waals surface area contributed by atoms with E-state index in [0.717, 1.165) is 5.56 Å². The van der Waals surface area contributed by atoms with Gasteiger partial charge in [-0.1, -0.05) is 17.7 Å². The fraction of sp³-hybridized carbons (Fsp3) is 0.500. The molecule has 1 aliphatic rings. The highest BCUT2D eigenvalue weighted by molar-refractivity contribution is 6.32. The van der Waals surface area contributed by atoms with Crippen molar-refractivity contribution < 1.29 is 19.4 Å². The molecule has 1 amide bonds. The molecule has 0 saturated carbocycles. The molecule has 1 heterocycles. The lowest BCUT2D eigenvalue weighted by Crippen LogP contribution is -2.40. The van der Waals surface area contributed by atoms with Crippen LogP contribution in [0.1, 0.15) is 25.3 Å². The van der Waals surface area contributed by atoms with Gasteiger partial charge in [0.15, 0.2) is 0 Å². The molecule has 5 nitrogen and oxygen atoms in total. The lowest BCUT2D eigenvalue weighted by Gasteiger charge is -2.30. The molecular weight excluding hydrogens is 306 g/mol. The number of halogens is 1. The number of amides is 1. The number of piperidine rings is 1. The molecule has 0 unspecified atom stereocenters. The quantitative estimate of drug-likeness (QED) is 0.903. The number of ether oxygens (including phenoxy) is 1. The van der Waals surface area contributed by atoms with Crippen LogP contribution >= 0.6 is 11.6 Å². The van der Waals surface area contributed by atoms with E-state index in [0.29, 0.717) is 43.3 Å². The second-order valence-corrected chi connectivity index (χ2v) is 5.78. The maximum Gasteiger partial charge on any atom is 0.306 e. The molecule has 0 radical (unpaired) electrons. The molecule has 0 spiro atoms. The van der Waals surface area contributed by atoms with Gasteiger partial charge < -0.3 is 14.7 Å². The molecular formula is C16H20ClNO4. The van der Waals surface area contributed by atoms with Gasteiger partial charge in [-0.25, -0.2) is 0 Å². The van der Waals surface area contributed by atoms with E-state index < -0.39 is 5.97 Å². The standard InChI is InChI=1S/C16H20ClNO4/c1-2-22-14-4-3-11(9-13(14)17)10-15(19)18-7-5-12(6-8-18)16(20)21/h3-4,9,12H,2,5-8,10H2,1H3,(H,20,21). The van der Waals surface area contributed by atoms with Crippen molar-refractivity contribution >= 4 is 23.5 Å². The van der Waals surface area contributed by atoms with Gasteiger partial charge in [-0.2, -0.15) is 0 Å². The summed E-state index contributed by atoms with van der Waals surface area (Å²) >= 11 is 6.12. The topological polar surface area (TPSA) is 66.8 Å². The number of carboxylic acid groups (broad SMARTS) is 1. The summed E-state index contributed by atoms with van der Waals surface area (Å²) in [4.78, 5) is 24.9. The second kappa shape index (κ2) is 7.49. The van der Waals surface area contributed by atoms with Crippen LogP contribution in [0.15, 0.2) is 18.2 Å². The third-order valence-corrected chi connectivity index (χ3v) is 4.14. The number of hydrogen-bond donors (Lipinski definition) is 1. The first-order valence-electron chi connectivity index (χ1n) is 7.43. The normalized spacial score (nSPS) is 15.6. The number of carbonyl (C=O) groups excluding carboxylic acids is 1. The predicted octanol–water partition coefficient (Wildman–Crippen LogP) is 2.60. The molecule has 0 atom stereocenters. The van der Waals surface area contributed by atoms with Crippen molar-refractivity contribution in [1.82, 2.24) is 4.90 Å². The summed E-state index contributed by atoms with van der Waals surface area (Å²) in [6.45, 7) is 3.42. The van der Waals surface area contributed by atoms with Gasteiger partial charge in [0.25, 0.3) is 0 Å². The Kier molecular flexibility index (Phi) is 5.66. The fourth-order valence-corrected chi connectivity index (χ4v) is 2.85. The highest BCUT2D eigenvalue weighted by Gasteiger charge is 2.26. The molecule has 0 aromatic heterocycles. The molecule has 120 valence electrons. The zero-order chi connectivity index (χ0) is 16.1. The number of carboxylic acids is 1. The van der Waals surface area contributed by atoms with E-state index in [2.05, 4.69) is 0 Å². The van der Waals surface area contributed by atoms with Crippen LogP contribution < -0.4 is 4.74 Å². The number of rotatable bonds is 5. The van der Waals surface area contributed by atoms with Crippen LogP contribution in [-0.2, 0) is 16.0 Å². The number of aliphatic carboxylic acids is 1. The van der Waals surface area contributed by atoms with Gasteiger partial charge in [-0.15, -0.1) is 0 Å². The molecule has 22 heavy (non-hydrogen) atoms. The molecule has 1 aliphatic heterocycles. The van der Waals surface area contributed by atoms with Crippen molar-refractivity contribution in [2.75, 3.05) is 19.7 Å². The molecule has 1 N–H and O–H groups in total. The van der Waals surface area contributed by atoms with E-state index in [1.165, 1.54) is 0 Å². The van der Waals surface area contributed by atoms with Gasteiger partial charge in [-0.3, -0.25) is 9.59 Å². The Balaban J connectivity index is 1.92. The Hall–Kier alpha value is -1.75. The monoisotopic (exact) mass is 325 g/mol. The number of carbonyl (C=O) groups is 2. The first kappa shape index (κ1) is 16.6. The number of likely N-dealkylation sites (tertiary alicyclic amines) is 1. The Morgan fingerprint density at radius 2 is 2.05 bits per heavy atom. The number of hydrogen-bond acceptors (Lipinski definition) is 3. The van der Waals surface area contributed by atoms with Gasteiger partial charge in [0.1, 0.15) is 5.75 Å². The highest BCUT2D eigenvalue weighted by Crippen LogP contribution is 2.26. The van der Waals surface area contributed by atoms with Crippen molar-refractivity contribution in [3.8, 4) is 5.75 Å². The number of nitrogens with zero attached hydrogens (tertiary/aromatic N) is 1. The Morgan fingerprint density at radius 3 is 2.59 bits per heavy atom. The zero-order valence-corrected chi connectivity index (χ0v) is 13.3. The van der Waals surface area contributed by atoms with E-state index in [1.54, 1.807) is 17.0 Å². The predicted molar refractivity (Wildman–Crippen MR) is 83.3 cm³/mol. The average Bonchev–Trinajstić information content (AvgIpc) is 2.50. The Bertz CT molecular complexity index is 553. The van der Waals surface area contributed by atoms with Crippen LogP contribution in [0.4, 0.5) is 0 Å². The summed E-state index contributed by atoms with van der Waals surface area (Å²) in [5.74, 6) is -0.485. The summed E-state index contributed by atoms with van der Waals surface area (Å²) in [5.41, 5.74) is 0.832. The van der Waals surface area contributed by atoms with Crippen LogP contribution in [0.25, 0.3) is 0 Å². The molecule has 2 rings (SSSR count). The van der Waals surface area contributed by atoms with Gasteiger partial charge in [0.2, 0.25) is 5.91 Å². The summed E-state index contributed by atoms with van der Waals surface area (Å²) < 4.78 is 5.36. The van der Waals surface area contributed by atoms with Crippen LogP contribution in [0.3, 0.4) is 0 Å². The van der Waals surface area contributed by atoms with Crippen LogP contribution in [0.5, 0.6) is 5.75 Å². The SMILES string of the molecule is CCOc1ccc(CC(=O)N2CCC(C(=O)O)CC2)cc1Cl. The molecule has 0 bridgehead atoms. The van der Waals surface area contributed by atoms with Gasteiger partial charge in [0, 0.05) is 13.1 Å². The minimum Gasteiger partial charge on any atom is -0.492 e. The summed E-state index contributed by atoms with van der Waals surface area (Å²) in [7, 11) is 0. The summed E-state index contributed by atoms with van der Waals surface area (Å²) in [6, 6.07) is 5.35. The maximum absolute atomic E-state index is 12.3. The van der Waals surface area contributed by atoms with Gasteiger partial charge >= 0.3 is 5.97 Å². The molecule has 1 fully saturated rings. The molecule has 1 aromatic rings. The largest absolute Gasteiger partial charge is 0.492 e. The maximum atomic E-state index is 12.3. The number of benzene rings is 1. The fourth-order valence-electron chi connectivity index (χ4n) is 2.59. The Labute approximate surface area is 134 Å². The van der Waals surface area contributed by atoms with Crippen LogP contribution in [-0.4, -0.2) is 41.6 Å². The second-order valence-electron chi connectivity index (χ2n) is 5.37. The lowest BCUT2D eigenvalue weighted by atomic mass is 9.96. The van der Waals surface area contributed by atoms with Crippen molar-refractivity contribution in [3.63, 3.8) is 0 Å². The van der Waals surface area contributed by atoms with Gasteiger partial charge in [0.05, 0.1) is 24.0 Å². The lowest BCUT2D eigenvalue weighted by molar-refractivity contribution is -0.145. The van der Waals surface area contributed by atoms with E-state index in [1.807, 2.05) is 13.0 Å². The minimum atomic E-state index is -0.773. The highest BCUT2D eigenvalue weighted by atomic mass is 35.5. The third-order valence-electron chi connectivity index (χ3n) is 3.85. The first-order valence-corrected chi connectivity index (χ1v) is 7.81. The van der Waals surface area contributed by atoms with Crippen molar-refractivity contribution in [2.24, 2.45) is 5.92 Å². The first-order chi connectivity index (χ1) is 10.5. The minimum absolute atomic E-state index is 0.00376. The summed E-state index contributed by atoms with van der Waals surface area (Å²) in [5, 5.41) is 9.47. The van der Waals surface area contributed by atoms with Crippen molar-refractivity contribution in [2.45, 2.75) is 26.2 Å². The third kappa shape index (κ3) is 4.13. The van der Waals surface area contributed by atoms with E-state index in [-0.39, 0.29) is 18.2 Å². The smallest absolute Gasteiger partial charge is 0.306 e. The zero-order valence-electron chi connectivity index (χ0n) is 12.5. The average molecular weight is 326 g/mol. The van der Waals surface area contributed by atoms with E-state index >= 15 is 0 Å². The summed E-state index contributed by atoms with van der Waals surface area (Å²) in [6.07, 6.45) is 1.31. The molecule has 1 aromatic carbocycles. The van der Waals surface area contributed by atoms with E-state index in [9.17, 15) is 9.59 Å². The molecule has 1 saturated heterocycles. The Morgan fingerprint density at radius 1 is 1.36 bits per heavy atom. The van der Waals surface area contributed by atoms with Crippen LogP contribution in [0, 0.1) is 5.92 Å². The molecule has 0 aliphatic carbocycles. The van der Waals surface area contributed by atoms with Crippen LogP contribution in [0.2, 0.25) is 5.02 Å². The molecule has 6 heteroatoms. The van der Waals surface area contributed by atoms with Crippen molar-refractivity contribution in [1.29, 1.82) is 0 Å².